The molecule has 0 spiro atoms. The van der Waals surface area contributed by atoms with E-state index in [-0.39, 0.29) is 24.5 Å². The van der Waals surface area contributed by atoms with E-state index in [1.165, 1.54) is 0 Å². The number of amides is 1. The summed E-state index contributed by atoms with van der Waals surface area (Å²) in [5, 5.41) is 11.6. The molecule has 0 saturated heterocycles. The first-order chi connectivity index (χ1) is 5.80. The molecule has 0 aliphatic carbocycles. The number of nitrogens with one attached hydrogen (secondary N) is 1. The van der Waals surface area contributed by atoms with Gasteiger partial charge in [-0.15, -0.1) is 0 Å². The van der Waals surface area contributed by atoms with E-state index in [9.17, 15) is 4.79 Å². The Morgan fingerprint density at radius 3 is 2.31 bits per heavy atom. The van der Waals surface area contributed by atoms with Crippen LogP contribution in [0.5, 0.6) is 0 Å². The van der Waals surface area contributed by atoms with E-state index in [2.05, 4.69) is 5.32 Å². The van der Waals surface area contributed by atoms with Crippen molar-refractivity contribution in [1.82, 2.24) is 5.32 Å². The van der Waals surface area contributed by atoms with Crippen molar-refractivity contribution in [2.24, 2.45) is 11.7 Å². The molecule has 78 valence electrons. The largest absolute Gasteiger partial charge is 0.394 e. The van der Waals surface area contributed by atoms with Crippen molar-refractivity contribution in [1.29, 1.82) is 0 Å². The van der Waals surface area contributed by atoms with Gasteiger partial charge in [-0.2, -0.15) is 0 Å². The second-order valence-electron chi connectivity index (χ2n) is 4.18. The van der Waals surface area contributed by atoms with Crippen molar-refractivity contribution in [2.45, 2.75) is 39.3 Å². The van der Waals surface area contributed by atoms with Crippen molar-refractivity contribution >= 4 is 5.91 Å². The van der Waals surface area contributed by atoms with Gasteiger partial charge < -0.3 is 16.2 Å². The lowest BCUT2D eigenvalue weighted by molar-refractivity contribution is -0.127. The Labute approximate surface area is 79.5 Å². The van der Waals surface area contributed by atoms with Gasteiger partial charge >= 0.3 is 0 Å². The smallest absolute Gasteiger partial charge is 0.224 e. The molecule has 0 aromatic rings. The van der Waals surface area contributed by atoms with E-state index in [4.69, 9.17) is 10.8 Å². The maximum atomic E-state index is 11.5. The average molecular weight is 188 g/mol. The summed E-state index contributed by atoms with van der Waals surface area (Å²) < 4.78 is 0. The van der Waals surface area contributed by atoms with Crippen LogP contribution in [0.3, 0.4) is 0 Å². The molecule has 0 aliphatic rings. The van der Waals surface area contributed by atoms with Gasteiger partial charge in [-0.25, -0.2) is 0 Å². The fourth-order valence-corrected chi connectivity index (χ4v) is 0.726. The average Bonchev–Trinajstić information content (AvgIpc) is 2.02. The topological polar surface area (TPSA) is 75.4 Å². The predicted octanol–water partition coefficient (Wildman–Crippen LogP) is -0.143. The van der Waals surface area contributed by atoms with Crippen LogP contribution < -0.4 is 11.1 Å². The zero-order valence-corrected chi connectivity index (χ0v) is 8.79. The van der Waals surface area contributed by atoms with Crippen LogP contribution >= 0.6 is 0 Å². The third-order valence-electron chi connectivity index (χ3n) is 2.06. The monoisotopic (exact) mass is 188 g/mol. The molecule has 4 nitrogen and oxygen atoms in total. The third kappa shape index (κ3) is 4.24. The molecule has 0 heterocycles. The van der Waals surface area contributed by atoms with E-state index in [1.54, 1.807) is 27.7 Å². The third-order valence-corrected chi connectivity index (χ3v) is 2.06. The molecule has 0 aliphatic heterocycles. The summed E-state index contributed by atoms with van der Waals surface area (Å²) in [6.07, 6.45) is 0. The number of hydrogen-bond donors (Lipinski definition) is 3. The number of aliphatic hydroxyl groups excluding tert-OH is 1. The lowest BCUT2D eigenvalue weighted by Crippen LogP contribution is -2.50. The predicted molar refractivity (Wildman–Crippen MR) is 52.1 cm³/mol. The number of hydrogen-bond acceptors (Lipinski definition) is 3. The number of carbonyl (C=O) groups excluding carboxylic acids is 1. The maximum Gasteiger partial charge on any atom is 0.224 e. The number of aliphatic hydroxyl groups is 1. The normalized spacial score (nSPS) is 16.5. The lowest BCUT2D eigenvalue weighted by Gasteiger charge is -2.26. The summed E-state index contributed by atoms with van der Waals surface area (Å²) in [6.45, 7) is 7.01. The number of rotatable bonds is 4. The Morgan fingerprint density at radius 1 is 1.54 bits per heavy atom. The van der Waals surface area contributed by atoms with Crippen molar-refractivity contribution in [2.75, 3.05) is 6.61 Å². The molecular formula is C9H20N2O2. The highest BCUT2D eigenvalue weighted by Gasteiger charge is 2.24. The Bertz CT molecular complexity index is 178. The first-order valence-corrected chi connectivity index (χ1v) is 4.48. The Kier molecular flexibility index (Phi) is 4.36. The van der Waals surface area contributed by atoms with Gasteiger partial charge in [0.1, 0.15) is 0 Å². The van der Waals surface area contributed by atoms with Crippen molar-refractivity contribution < 1.29 is 9.90 Å². The van der Waals surface area contributed by atoms with Crippen LogP contribution in [0.2, 0.25) is 0 Å². The minimum absolute atomic E-state index is 0.0790. The molecule has 2 atom stereocenters. The summed E-state index contributed by atoms with van der Waals surface area (Å²) in [6, 6.07) is -0.172. The Morgan fingerprint density at radius 2 is 2.00 bits per heavy atom. The lowest BCUT2D eigenvalue weighted by atomic mass is 10.0. The van der Waals surface area contributed by atoms with E-state index in [0.29, 0.717) is 0 Å². The van der Waals surface area contributed by atoms with Gasteiger partial charge in [0.25, 0.3) is 0 Å². The van der Waals surface area contributed by atoms with E-state index in [1.807, 2.05) is 0 Å². The zero-order valence-electron chi connectivity index (χ0n) is 8.79. The highest BCUT2D eigenvalue weighted by Crippen LogP contribution is 2.05. The van der Waals surface area contributed by atoms with Gasteiger partial charge in [0.15, 0.2) is 0 Å². The van der Waals surface area contributed by atoms with Crippen LogP contribution in [-0.4, -0.2) is 29.2 Å². The van der Waals surface area contributed by atoms with Crippen LogP contribution in [0, 0.1) is 5.92 Å². The summed E-state index contributed by atoms with van der Waals surface area (Å²) in [4.78, 5) is 11.5. The van der Waals surface area contributed by atoms with Crippen LogP contribution in [0.25, 0.3) is 0 Å². The molecular weight excluding hydrogens is 168 g/mol. The molecule has 1 amide bonds. The van der Waals surface area contributed by atoms with Crippen molar-refractivity contribution in [3.8, 4) is 0 Å². The molecule has 13 heavy (non-hydrogen) atoms. The molecule has 2 unspecified atom stereocenters. The summed E-state index contributed by atoms with van der Waals surface area (Å²) >= 11 is 0. The molecule has 0 fully saturated rings. The minimum atomic E-state index is -0.569. The molecule has 0 aromatic carbocycles. The van der Waals surface area contributed by atoms with Gasteiger partial charge in [-0.3, -0.25) is 4.79 Å². The second kappa shape index (κ2) is 4.58. The highest BCUT2D eigenvalue weighted by molar-refractivity contribution is 5.79. The van der Waals surface area contributed by atoms with E-state index >= 15 is 0 Å². The molecule has 0 aromatic heterocycles. The van der Waals surface area contributed by atoms with E-state index in [0.717, 1.165) is 0 Å². The Hall–Kier alpha value is -0.610. The van der Waals surface area contributed by atoms with Gasteiger partial charge in [0.2, 0.25) is 5.91 Å². The van der Waals surface area contributed by atoms with Gasteiger partial charge in [-0.05, 0) is 20.8 Å². The molecule has 4 heteroatoms. The Balaban J connectivity index is 4.15. The van der Waals surface area contributed by atoms with Crippen molar-refractivity contribution in [3.05, 3.63) is 0 Å². The maximum absolute atomic E-state index is 11.5. The van der Waals surface area contributed by atoms with Gasteiger partial charge in [0, 0.05) is 12.0 Å². The van der Waals surface area contributed by atoms with Gasteiger partial charge in [-0.1, -0.05) is 6.92 Å². The number of carbonyl (C=O) groups is 1. The first kappa shape index (κ1) is 12.4. The molecule has 0 saturated carbocycles. The quantitative estimate of drug-likeness (QED) is 0.574. The summed E-state index contributed by atoms with van der Waals surface area (Å²) in [7, 11) is 0. The van der Waals surface area contributed by atoms with Crippen LogP contribution in [0.4, 0.5) is 0 Å². The van der Waals surface area contributed by atoms with E-state index < -0.39 is 5.54 Å². The molecule has 0 radical (unpaired) electrons. The molecule has 0 rings (SSSR count). The minimum Gasteiger partial charge on any atom is -0.394 e. The SMILES string of the molecule is CC(N)C(C)C(=O)NC(C)(C)CO. The second-order valence-corrected chi connectivity index (χ2v) is 4.18. The fourth-order valence-electron chi connectivity index (χ4n) is 0.726. The number of nitrogens with two attached hydrogens (primary N) is 1. The highest BCUT2D eigenvalue weighted by atomic mass is 16.3. The standard InChI is InChI=1S/C9H20N2O2/c1-6(7(2)10)8(13)11-9(3,4)5-12/h6-7,12H,5,10H2,1-4H3,(H,11,13). The van der Waals surface area contributed by atoms with Crippen LogP contribution in [0.1, 0.15) is 27.7 Å². The summed E-state index contributed by atoms with van der Waals surface area (Å²) in [5.74, 6) is -0.347. The van der Waals surface area contributed by atoms with Gasteiger partial charge in [0.05, 0.1) is 12.1 Å². The summed E-state index contributed by atoms with van der Waals surface area (Å²) in [5.41, 5.74) is 5.00. The first-order valence-electron chi connectivity index (χ1n) is 4.48. The van der Waals surface area contributed by atoms with Crippen LogP contribution in [0.15, 0.2) is 0 Å². The zero-order chi connectivity index (χ0) is 10.6. The fraction of sp³-hybridized carbons (Fsp3) is 0.889. The molecule has 0 bridgehead atoms. The molecule has 4 N–H and O–H groups in total. The van der Waals surface area contributed by atoms with Crippen LogP contribution in [-0.2, 0) is 4.79 Å². The van der Waals surface area contributed by atoms with Crippen molar-refractivity contribution in [3.63, 3.8) is 0 Å².